The number of hydrogen-bond donors (Lipinski definition) is 3. The molecule has 2 aromatic carbocycles. The van der Waals surface area contributed by atoms with Crippen molar-refractivity contribution in [3.05, 3.63) is 52.0 Å². The van der Waals surface area contributed by atoms with Crippen molar-refractivity contribution in [2.45, 2.75) is 6.92 Å². The number of phenolic OH excluding ortho intramolecular Hbond substituents is 1. The van der Waals surface area contributed by atoms with Gasteiger partial charge in [-0.1, -0.05) is 29.3 Å². The minimum atomic E-state index is -0.498. The zero-order valence-corrected chi connectivity index (χ0v) is 12.1. The van der Waals surface area contributed by atoms with Crippen LogP contribution in [-0.4, -0.2) is 11.1 Å². The van der Waals surface area contributed by atoms with Gasteiger partial charge < -0.3 is 15.7 Å². The van der Waals surface area contributed by atoms with Crippen LogP contribution < -0.4 is 10.6 Å². The van der Waals surface area contributed by atoms with Gasteiger partial charge in [0.2, 0.25) is 0 Å². The smallest absolute Gasteiger partial charge is 0.323 e. The molecule has 0 heterocycles. The first-order valence-corrected chi connectivity index (χ1v) is 6.53. The van der Waals surface area contributed by atoms with Crippen LogP contribution in [0, 0.1) is 6.92 Å². The summed E-state index contributed by atoms with van der Waals surface area (Å²) in [7, 11) is 0. The van der Waals surface area contributed by atoms with E-state index in [1.165, 1.54) is 0 Å². The first-order chi connectivity index (χ1) is 9.44. The maximum absolute atomic E-state index is 11.8. The van der Waals surface area contributed by atoms with Crippen molar-refractivity contribution in [1.29, 1.82) is 0 Å². The third-order valence-corrected chi connectivity index (χ3v) is 2.96. The Morgan fingerprint density at radius 1 is 1.05 bits per heavy atom. The Balaban J connectivity index is 2.09. The lowest BCUT2D eigenvalue weighted by atomic mass is 10.2. The fourth-order valence-electron chi connectivity index (χ4n) is 1.66. The number of halogens is 2. The summed E-state index contributed by atoms with van der Waals surface area (Å²) in [6.07, 6.45) is 0. The van der Waals surface area contributed by atoms with E-state index in [-0.39, 0.29) is 5.75 Å². The monoisotopic (exact) mass is 310 g/mol. The highest BCUT2D eigenvalue weighted by Crippen LogP contribution is 2.25. The second kappa shape index (κ2) is 6.03. The first-order valence-electron chi connectivity index (χ1n) is 5.78. The van der Waals surface area contributed by atoms with Crippen LogP contribution in [0.15, 0.2) is 36.4 Å². The molecular weight excluding hydrogens is 299 g/mol. The summed E-state index contributed by atoms with van der Waals surface area (Å²) in [4.78, 5) is 11.8. The molecule has 0 bridgehead atoms. The number of hydrogen-bond acceptors (Lipinski definition) is 2. The van der Waals surface area contributed by atoms with E-state index in [4.69, 9.17) is 23.2 Å². The summed E-state index contributed by atoms with van der Waals surface area (Å²) in [5.74, 6) is 0.00396. The zero-order chi connectivity index (χ0) is 14.7. The molecule has 0 atom stereocenters. The van der Waals surface area contributed by atoms with E-state index in [1.807, 2.05) is 6.92 Å². The van der Waals surface area contributed by atoms with Gasteiger partial charge in [0.25, 0.3) is 0 Å². The summed E-state index contributed by atoms with van der Waals surface area (Å²) in [6, 6.07) is 9.18. The number of anilines is 2. The van der Waals surface area contributed by atoms with E-state index in [9.17, 15) is 9.90 Å². The molecule has 3 N–H and O–H groups in total. The summed E-state index contributed by atoms with van der Waals surface area (Å²) in [5, 5.41) is 15.7. The number of benzene rings is 2. The van der Waals surface area contributed by atoms with Crippen molar-refractivity contribution < 1.29 is 9.90 Å². The van der Waals surface area contributed by atoms with E-state index >= 15 is 0 Å². The number of urea groups is 1. The van der Waals surface area contributed by atoms with Gasteiger partial charge in [-0.3, -0.25) is 0 Å². The van der Waals surface area contributed by atoms with Crippen LogP contribution in [0.4, 0.5) is 16.2 Å². The average Bonchev–Trinajstić information content (AvgIpc) is 2.31. The van der Waals surface area contributed by atoms with Gasteiger partial charge in [-0.2, -0.15) is 0 Å². The zero-order valence-electron chi connectivity index (χ0n) is 10.6. The van der Waals surface area contributed by atoms with Crippen LogP contribution in [0.25, 0.3) is 0 Å². The van der Waals surface area contributed by atoms with Crippen LogP contribution in [0.5, 0.6) is 5.75 Å². The van der Waals surface area contributed by atoms with E-state index in [2.05, 4.69) is 10.6 Å². The molecular formula is C14H12Cl2N2O2. The number of carbonyl (C=O) groups excluding carboxylic acids is 1. The Hall–Kier alpha value is -1.91. The molecule has 0 aliphatic heterocycles. The largest absolute Gasteiger partial charge is 0.506 e. The Labute approximate surface area is 126 Å². The second-order valence-electron chi connectivity index (χ2n) is 4.26. The number of carbonyl (C=O) groups is 1. The first kappa shape index (κ1) is 14.5. The molecule has 0 fully saturated rings. The van der Waals surface area contributed by atoms with Gasteiger partial charge in [0.1, 0.15) is 5.75 Å². The fraction of sp³-hybridized carbons (Fsp3) is 0.0714. The molecule has 104 valence electrons. The van der Waals surface area contributed by atoms with Crippen molar-refractivity contribution in [1.82, 2.24) is 0 Å². The van der Waals surface area contributed by atoms with Crippen molar-refractivity contribution in [2.75, 3.05) is 10.6 Å². The maximum Gasteiger partial charge on any atom is 0.323 e. The topological polar surface area (TPSA) is 61.4 Å². The molecule has 0 aliphatic carbocycles. The van der Waals surface area contributed by atoms with Crippen LogP contribution in [0.2, 0.25) is 10.0 Å². The lowest BCUT2D eigenvalue weighted by Gasteiger charge is -2.10. The van der Waals surface area contributed by atoms with Crippen LogP contribution in [-0.2, 0) is 0 Å². The van der Waals surface area contributed by atoms with E-state index in [0.29, 0.717) is 21.4 Å². The minimum absolute atomic E-state index is 0.00396. The highest BCUT2D eigenvalue weighted by atomic mass is 35.5. The van der Waals surface area contributed by atoms with Gasteiger partial charge in [-0.15, -0.1) is 0 Å². The fourth-order valence-corrected chi connectivity index (χ4v) is 2.18. The number of nitrogens with one attached hydrogen (secondary N) is 2. The van der Waals surface area contributed by atoms with Crippen LogP contribution >= 0.6 is 23.2 Å². The van der Waals surface area contributed by atoms with Gasteiger partial charge in [0.05, 0.1) is 5.69 Å². The van der Waals surface area contributed by atoms with Gasteiger partial charge in [-0.25, -0.2) is 4.79 Å². The van der Waals surface area contributed by atoms with Gasteiger partial charge in [0.15, 0.2) is 0 Å². The Morgan fingerprint density at radius 3 is 2.30 bits per heavy atom. The molecule has 0 radical (unpaired) electrons. The standard InChI is InChI=1S/C14H12Cl2N2O2/c1-8-2-3-12(13(19)4-8)18-14(20)17-11-6-9(15)5-10(16)7-11/h2-7,19H,1H3,(H2,17,18,20). The predicted octanol–water partition coefficient (Wildman–Crippen LogP) is 4.65. The molecule has 0 unspecified atom stereocenters. The molecule has 0 aromatic heterocycles. The quantitative estimate of drug-likeness (QED) is 0.707. The van der Waals surface area contributed by atoms with Crippen molar-refractivity contribution in [3.63, 3.8) is 0 Å². The molecule has 0 saturated carbocycles. The van der Waals surface area contributed by atoms with Crippen molar-refractivity contribution >= 4 is 40.6 Å². The summed E-state index contributed by atoms with van der Waals surface area (Å²) in [6.45, 7) is 1.84. The van der Waals surface area contributed by atoms with E-state index in [1.54, 1.807) is 36.4 Å². The Kier molecular flexibility index (Phi) is 4.37. The third-order valence-electron chi connectivity index (χ3n) is 2.52. The average molecular weight is 311 g/mol. The lowest BCUT2D eigenvalue weighted by molar-refractivity contribution is 0.262. The Bertz CT molecular complexity index is 639. The molecule has 4 nitrogen and oxygen atoms in total. The predicted molar refractivity (Wildman–Crippen MR) is 81.9 cm³/mol. The van der Waals surface area contributed by atoms with Crippen molar-refractivity contribution in [3.8, 4) is 5.75 Å². The summed E-state index contributed by atoms with van der Waals surface area (Å²) in [5.41, 5.74) is 1.68. The summed E-state index contributed by atoms with van der Waals surface area (Å²) >= 11 is 11.7. The lowest BCUT2D eigenvalue weighted by Crippen LogP contribution is -2.19. The number of rotatable bonds is 2. The van der Waals surface area contributed by atoms with Gasteiger partial charge in [-0.05, 0) is 42.8 Å². The molecule has 2 amide bonds. The Morgan fingerprint density at radius 2 is 1.70 bits per heavy atom. The van der Waals surface area contributed by atoms with E-state index < -0.39 is 6.03 Å². The van der Waals surface area contributed by atoms with Gasteiger partial charge >= 0.3 is 6.03 Å². The highest BCUT2D eigenvalue weighted by Gasteiger charge is 2.07. The normalized spacial score (nSPS) is 10.2. The van der Waals surface area contributed by atoms with E-state index in [0.717, 1.165) is 5.56 Å². The number of aromatic hydroxyl groups is 1. The molecule has 2 rings (SSSR count). The molecule has 0 saturated heterocycles. The molecule has 20 heavy (non-hydrogen) atoms. The molecule has 2 aromatic rings. The van der Waals surface area contributed by atoms with Crippen molar-refractivity contribution in [2.24, 2.45) is 0 Å². The van der Waals surface area contributed by atoms with Gasteiger partial charge in [0, 0.05) is 15.7 Å². The second-order valence-corrected chi connectivity index (χ2v) is 5.13. The SMILES string of the molecule is Cc1ccc(NC(=O)Nc2cc(Cl)cc(Cl)c2)c(O)c1. The molecule has 6 heteroatoms. The number of aryl methyl sites for hydroxylation is 1. The molecule has 0 spiro atoms. The highest BCUT2D eigenvalue weighted by molar-refractivity contribution is 6.35. The third kappa shape index (κ3) is 3.79. The van der Waals surface area contributed by atoms with Crippen LogP contribution in [0.3, 0.4) is 0 Å². The number of phenols is 1. The number of amides is 2. The molecule has 0 aliphatic rings. The minimum Gasteiger partial charge on any atom is -0.506 e. The maximum atomic E-state index is 11.8. The summed E-state index contributed by atoms with van der Waals surface area (Å²) < 4.78 is 0. The van der Waals surface area contributed by atoms with Crippen LogP contribution in [0.1, 0.15) is 5.56 Å².